The smallest absolute Gasteiger partial charge is 0.415 e. The summed E-state index contributed by atoms with van der Waals surface area (Å²) in [7, 11) is 0. The molecule has 0 spiro atoms. The number of carbonyl (C=O) groups excluding carboxylic acids is 1. The standard InChI is InChI=1S/C12H12BrNO4/c1-7-6-8(2-3-9(7)13)14-10(11(15)16)4-5-18-12(14)17/h2-3,6,10H,4-5H2,1H3,(H,15,16). The van der Waals surface area contributed by atoms with Gasteiger partial charge in [-0.15, -0.1) is 0 Å². The summed E-state index contributed by atoms with van der Waals surface area (Å²) in [6.07, 6.45) is -0.328. The summed E-state index contributed by atoms with van der Waals surface area (Å²) in [5.41, 5.74) is 1.46. The fourth-order valence-corrected chi connectivity index (χ4v) is 2.13. The monoisotopic (exact) mass is 313 g/mol. The van der Waals surface area contributed by atoms with Crippen LogP contribution < -0.4 is 4.90 Å². The highest BCUT2D eigenvalue weighted by Crippen LogP contribution is 2.27. The molecule has 18 heavy (non-hydrogen) atoms. The van der Waals surface area contributed by atoms with E-state index in [1.807, 2.05) is 6.92 Å². The number of hydrogen-bond donors (Lipinski definition) is 1. The predicted molar refractivity (Wildman–Crippen MR) is 68.7 cm³/mol. The SMILES string of the molecule is Cc1cc(N2C(=O)OCCC2C(=O)O)ccc1Br. The van der Waals surface area contributed by atoms with E-state index >= 15 is 0 Å². The number of carbonyl (C=O) groups is 2. The third-order valence-corrected chi connectivity index (χ3v) is 3.72. The summed E-state index contributed by atoms with van der Waals surface area (Å²) < 4.78 is 5.81. The second-order valence-electron chi connectivity index (χ2n) is 4.06. The van der Waals surface area contributed by atoms with Crippen molar-refractivity contribution in [3.63, 3.8) is 0 Å². The Kier molecular flexibility index (Phi) is 3.56. The highest BCUT2D eigenvalue weighted by atomic mass is 79.9. The molecule has 0 saturated carbocycles. The van der Waals surface area contributed by atoms with Crippen LogP contribution >= 0.6 is 15.9 Å². The molecule has 5 nitrogen and oxygen atoms in total. The first-order valence-electron chi connectivity index (χ1n) is 5.45. The van der Waals surface area contributed by atoms with Gasteiger partial charge in [-0.3, -0.25) is 4.90 Å². The Balaban J connectivity index is 2.40. The van der Waals surface area contributed by atoms with E-state index in [1.165, 1.54) is 4.90 Å². The van der Waals surface area contributed by atoms with E-state index in [4.69, 9.17) is 9.84 Å². The summed E-state index contributed by atoms with van der Waals surface area (Å²) in [6.45, 7) is 2.01. The van der Waals surface area contributed by atoms with Crippen LogP contribution in [0.3, 0.4) is 0 Å². The first kappa shape index (κ1) is 12.9. The van der Waals surface area contributed by atoms with Crippen LogP contribution in [0.15, 0.2) is 22.7 Å². The highest BCUT2D eigenvalue weighted by Gasteiger charge is 2.35. The maximum absolute atomic E-state index is 11.7. The van der Waals surface area contributed by atoms with E-state index < -0.39 is 18.1 Å². The summed E-state index contributed by atoms with van der Waals surface area (Å²) >= 11 is 3.36. The van der Waals surface area contributed by atoms with Crippen LogP contribution in [0, 0.1) is 6.92 Å². The average molecular weight is 314 g/mol. The lowest BCUT2D eigenvalue weighted by atomic mass is 10.1. The topological polar surface area (TPSA) is 66.8 Å². The van der Waals surface area contributed by atoms with E-state index in [0.29, 0.717) is 5.69 Å². The van der Waals surface area contributed by atoms with Crippen LogP contribution in [-0.2, 0) is 9.53 Å². The third kappa shape index (κ3) is 2.33. The number of anilines is 1. The van der Waals surface area contributed by atoms with E-state index in [-0.39, 0.29) is 13.0 Å². The largest absolute Gasteiger partial charge is 0.480 e. The van der Waals surface area contributed by atoms with Crippen LogP contribution in [0.5, 0.6) is 0 Å². The van der Waals surface area contributed by atoms with Crippen molar-refractivity contribution >= 4 is 33.7 Å². The lowest BCUT2D eigenvalue weighted by Gasteiger charge is -2.32. The predicted octanol–water partition coefficient (Wildman–Crippen LogP) is 2.56. The minimum Gasteiger partial charge on any atom is -0.480 e. The number of hydrogen-bond acceptors (Lipinski definition) is 3. The van der Waals surface area contributed by atoms with Crippen molar-refractivity contribution in [3.8, 4) is 0 Å². The Morgan fingerprint density at radius 2 is 2.28 bits per heavy atom. The van der Waals surface area contributed by atoms with E-state index in [2.05, 4.69) is 15.9 Å². The Hall–Kier alpha value is -1.56. The molecule has 1 atom stereocenters. The normalized spacial score (nSPS) is 19.6. The van der Waals surface area contributed by atoms with Crippen LogP contribution in [0.1, 0.15) is 12.0 Å². The zero-order valence-electron chi connectivity index (χ0n) is 9.72. The molecule has 0 aliphatic carbocycles. The Morgan fingerprint density at radius 3 is 2.89 bits per heavy atom. The van der Waals surface area contributed by atoms with Crippen LogP contribution in [0.25, 0.3) is 0 Å². The molecule has 0 aromatic heterocycles. The summed E-state index contributed by atoms with van der Waals surface area (Å²) in [5.74, 6) is -1.02. The number of benzene rings is 1. The summed E-state index contributed by atoms with van der Waals surface area (Å²) in [4.78, 5) is 24.1. The number of nitrogens with zero attached hydrogens (tertiary/aromatic N) is 1. The number of cyclic esters (lactones) is 1. The molecule has 6 heteroatoms. The molecule has 1 aliphatic heterocycles. The Morgan fingerprint density at radius 1 is 1.56 bits per heavy atom. The summed E-state index contributed by atoms with van der Waals surface area (Å²) in [6, 6.07) is 4.37. The zero-order valence-corrected chi connectivity index (χ0v) is 11.3. The summed E-state index contributed by atoms with van der Waals surface area (Å²) in [5, 5.41) is 9.15. The molecule has 1 heterocycles. The number of carboxylic acid groups (broad SMARTS) is 1. The van der Waals surface area contributed by atoms with Crippen molar-refractivity contribution in [1.82, 2.24) is 0 Å². The molecule has 1 aromatic carbocycles. The van der Waals surface area contributed by atoms with Gasteiger partial charge >= 0.3 is 12.1 Å². The molecule has 96 valence electrons. The number of aryl methyl sites for hydroxylation is 1. The first-order valence-corrected chi connectivity index (χ1v) is 6.25. The molecule has 1 aliphatic rings. The zero-order chi connectivity index (χ0) is 13.3. The first-order chi connectivity index (χ1) is 8.50. The minimum absolute atomic E-state index is 0.141. The molecule has 1 amide bonds. The fraction of sp³-hybridized carbons (Fsp3) is 0.333. The number of halogens is 1. The van der Waals surface area contributed by atoms with Crippen molar-refractivity contribution in [2.75, 3.05) is 11.5 Å². The number of amides is 1. The second kappa shape index (κ2) is 4.97. The van der Waals surface area contributed by atoms with Gasteiger partial charge < -0.3 is 9.84 Å². The van der Waals surface area contributed by atoms with Gasteiger partial charge in [0.25, 0.3) is 0 Å². The van der Waals surface area contributed by atoms with E-state index in [0.717, 1.165) is 10.0 Å². The fourth-order valence-electron chi connectivity index (χ4n) is 1.88. The van der Waals surface area contributed by atoms with Gasteiger partial charge in [0.2, 0.25) is 0 Å². The molecule has 1 fully saturated rings. The van der Waals surface area contributed by atoms with Gasteiger partial charge in [-0.2, -0.15) is 0 Å². The molecule has 1 unspecified atom stereocenters. The van der Waals surface area contributed by atoms with Crippen molar-refractivity contribution in [2.24, 2.45) is 0 Å². The maximum Gasteiger partial charge on any atom is 0.415 e. The number of aliphatic carboxylic acids is 1. The quantitative estimate of drug-likeness (QED) is 0.911. The highest BCUT2D eigenvalue weighted by molar-refractivity contribution is 9.10. The average Bonchev–Trinajstić information content (AvgIpc) is 2.32. The van der Waals surface area contributed by atoms with Gasteiger partial charge in [0.15, 0.2) is 0 Å². The molecular formula is C12H12BrNO4. The van der Waals surface area contributed by atoms with Crippen molar-refractivity contribution in [3.05, 3.63) is 28.2 Å². The minimum atomic E-state index is -1.02. The van der Waals surface area contributed by atoms with Gasteiger partial charge in [0.05, 0.1) is 6.61 Å². The van der Waals surface area contributed by atoms with Crippen LogP contribution in [-0.4, -0.2) is 29.8 Å². The lowest BCUT2D eigenvalue weighted by molar-refractivity contribution is -0.139. The Bertz CT molecular complexity index is 503. The molecule has 1 saturated heterocycles. The molecule has 0 bridgehead atoms. The van der Waals surface area contributed by atoms with Gasteiger partial charge in [0.1, 0.15) is 6.04 Å². The molecular weight excluding hydrogens is 302 g/mol. The van der Waals surface area contributed by atoms with Gasteiger partial charge in [0, 0.05) is 16.6 Å². The van der Waals surface area contributed by atoms with E-state index in [9.17, 15) is 9.59 Å². The van der Waals surface area contributed by atoms with Gasteiger partial charge in [-0.05, 0) is 30.7 Å². The molecule has 0 radical (unpaired) electrons. The van der Waals surface area contributed by atoms with E-state index in [1.54, 1.807) is 18.2 Å². The number of rotatable bonds is 2. The molecule has 1 N–H and O–H groups in total. The van der Waals surface area contributed by atoms with Crippen LogP contribution in [0.4, 0.5) is 10.5 Å². The van der Waals surface area contributed by atoms with Crippen molar-refractivity contribution in [2.45, 2.75) is 19.4 Å². The van der Waals surface area contributed by atoms with Crippen molar-refractivity contribution in [1.29, 1.82) is 0 Å². The van der Waals surface area contributed by atoms with Crippen molar-refractivity contribution < 1.29 is 19.4 Å². The maximum atomic E-state index is 11.7. The number of ether oxygens (including phenoxy) is 1. The molecule has 2 rings (SSSR count). The van der Waals surface area contributed by atoms with Gasteiger partial charge in [-0.1, -0.05) is 15.9 Å². The third-order valence-electron chi connectivity index (χ3n) is 2.83. The second-order valence-corrected chi connectivity index (χ2v) is 4.91. The number of carboxylic acids is 1. The Labute approximate surface area is 112 Å². The van der Waals surface area contributed by atoms with Crippen LogP contribution in [0.2, 0.25) is 0 Å². The molecule has 1 aromatic rings. The lowest BCUT2D eigenvalue weighted by Crippen LogP contribution is -2.50. The van der Waals surface area contributed by atoms with Gasteiger partial charge in [-0.25, -0.2) is 9.59 Å².